The van der Waals surface area contributed by atoms with Gasteiger partial charge in [0, 0.05) is 0 Å². The molecule has 2 N–H and O–H groups in total. The summed E-state index contributed by atoms with van der Waals surface area (Å²) in [6.07, 6.45) is 1.39. The van der Waals surface area contributed by atoms with Crippen molar-refractivity contribution in [1.82, 2.24) is 5.32 Å². The Morgan fingerprint density at radius 3 is 2.31 bits per heavy atom. The van der Waals surface area contributed by atoms with Gasteiger partial charge in [0.15, 0.2) is 16.6 Å². The molecule has 1 saturated heterocycles. The molecule has 0 radical (unpaired) electrons. The van der Waals surface area contributed by atoms with Crippen molar-refractivity contribution in [1.29, 1.82) is 0 Å². The Bertz CT molecular complexity index is 1220. The summed E-state index contributed by atoms with van der Waals surface area (Å²) in [6, 6.07) is 20.6. The van der Waals surface area contributed by atoms with E-state index in [1.54, 1.807) is 36.4 Å². The number of thiocarbonyl (C=S) groups is 1. The summed E-state index contributed by atoms with van der Waals surface area (Å²) in [6.45, 7) is 0. The van der Waals surface area contributed by atoms with Crippen LogP contribution in [0, 0.1) is 0 Å². The molecule has 0 aliphatic carbocycles. The number of amides is 2. The van der Waals surface area contributed by atoms with E-state index in [-0.39, 0.29) is 22.2 Å². The number of aromatic hydroxyl groups is 1. The average molecular weight is 446 g/mol. The summed E-state index contributed by atoms with van der Waals surface area (Å²) in [5.41, 5.74) is 0.817. The van der Waals surface area contributed by atoms with Crippen molar-refractivity contribution >= 4 is 40.9 Å². The van der Waals surface area contributed by atoms with Crippen LogP contribution in [-0.4, -0.2) is 29.1 Å². The Balaban J connectivity index is 1.60. The van der Waals surface area contributed by atoms with Crippen LogP contribution in [0.4, 0.5) is 5.69 Å². The van der Waals surface area contributed by atoms with Crippen molar-refractivity contribution in [3.63, 3.8) is 0 Å². The zero-order valence-corrected chi connectivity index (χ0v) is 17.8. The fraction of sp³-hybridized carbons (Fsp3) is 0.0417. The first-order valence-corrected chi connectivity index (χ1v) is 9.98. The van der Waals surface area contributed by atoms with E-state index < -0.39 is 11.8 Å². The van der Waals surface area contributed by atoms with Gasteiger partial charge in [-0.3, -0.25) is 19.8 Å². The van der Waals surface area contributed by atoms with Crippen LogP contribution in [0.5, 0.6) is 23.0 Å². The van der Waals surface area contributed by atoms with Crippen LogP contribution in [0.15, 0.2) is 78.4 Å². The molecule has 0 bridgehead atoms. The lowest BCUT2D eigenvalue weighted by Gasteiger charge is -2.29. The molecular formula is C24H18N2O5S. The van der Waals surface area contributed by atoms with Crippen molar-refractivity contribution in [3.05, 3.63) is 83.9 Å². The number of carbonyl (C=O) groups excluding carboxylic acids is 2. The van der Waals surface area contributed by atoms with Crippen LogP contribution in [0.25, 0.3) is 6.08 Å². The van der Waals surface area contributed by atoms with Gasteiger partial charge in [-0.1, -0.05) is 24.3 Å². The van der Waals surface area contributed by atoms with Crippen LogP contribution < -0.4 is 19.7 Å². The molecule has 2 amide bonds. The highest BCUT2D eigenvalue weighted by Crippen LogP contribution is 2.29. The number of benzene rings is 3. The Labute approximate surface area is 189 Å². The minimum atomic E-state index is -0.615. The first kappa shape index (κ1) is 21.1. The third kappa shape index (κ3) is 4.30. The minimum absolute atomic E-state index is 0.0218. The average Bonchev–Trinajstić information content (AvgIpc) is 2.78. The Morgan fingerprint density at radius 2 is 1.66 bits per heavy atom. The smallest absolute Gasteiger partial charge is 0.270 e. The van der Waals surface area contributed by atoms with Gasteiger partial charge in [0.2, 0.25) is 0 Å². The normalized spacial score (nSPS) is 15.0. The molecule has 8 heteroatoms. The van der Waals surface area contributed by atoms with E-state index in [4.69, 9.17) is 21.7 Å². The van der Waals surface area contributed by atoms with Crippen LogP contribution in [0.3, 0.4) is 0 Å². The quantitative estimate of drug-likeness (QED) is 0.350. The van der Waals surface area contributed by atoms with Gasteiger partial charge in [-0.2, -0.15) is 0 Å². The largest absolute Gasteiger partial charge is 0.504 e. The number of para-hydroxylation sites is 1. The molecule has 4 rings (SSSR count). The number of anilines is 1. The molecule has 32 heavy (non-hydrogen) atoms. The third-order valence-corrected chi connectivity index (χ3v) is 4.97. The van der Waals surface area contributed by atoms with Gasteiger partial charge in [0.05, 0.1) is 12.8 Å². The lowest BCUT2D eigenvalue weighted by Crippen LogP contribution is -2.54. The van der Waals surface area contributed by atoms with Crippen LogP contribution >= 0.6 is 12.2 Å². The standard InChI is InChI=1S/C24H18N2O5S/c1-30-21-12-7-15(14-20(21)27)13-19-22(28)25-24(32)26(23(19)29)16-8-10-18(11-9-16)31-17-5-3-2-4-6-17/h2-14,27H,1H3,(H,25,28,32). The highest BCUT2D eigenvalue weighted by Gasteiger charge is 2.34. The first-order chi connectivity index (χ1) is 15.5. The van der Waals surface area contributed by atoms with Gasteiger partial charge in [-0.25, -0.2) is 0 Å². The predicted molar refractivity (Wildman–Crippen MR) is 124 cm³/mol. The van der Waals surface area contributed by atoms with Crippen molar-refractivity contribution in [2.24, 2.45) is 0 Å². The number of phenols is 1. The molecule has 7 nitrogen and oxygen atoms in total. The lowest BCUT2D eigenvalue weighted by molar-refractivity contribution is -0.122. The molecule has 0 atom stereocenters. The third-order valence-electron chi connectivity index (χ3n) is 4.69. The maximum absolute atomic E-state index is 13.1. The number of ether oxygens (including phenoxy) is 2. The molecule has 1 aliphatic rings. The van der Waals surface area contributed by atoms with E-state index in [9.17, 15) is 14.7 Å². The van der Waals surface area contributed by atoms with E-state index in [0.29, 0.717) is 22.7 Å². The first-order valence-electron chi connectivity index (χ1n) is 9.57. The highest BCUT2D eigenvalue weighted by atomic mass is 32.1. The van der Waals surface area contributed by atoms with E-state index >= 15 is 0 Å². The van der Waals surface area contributed by atoms with Crippen molar-refractivity contribution in [3.8, 4) is 23.0 Å². The van der Waals surface area contributed by atoms with Gasteiger partial charge < -0.3 is 14.6 Å². The van der Waals surface area contributed by atoms with Gasteiger partial charge in [0.1, 0.15) is 17.1 Å². The fourth-order valence-electron chi connectivity index (χ4n) is 3.14. The second kappa shape index (κ2) is 8.91. The molecule has 0 unspecified atom stereocenters. The van der Waals surface area contributed by atoms with Crippen LogP contribution in [0.2, 0.25) is 0 Å². The number of hydrogen-bond donors (Lipinski definition) is 2. The molecule has 0 aromatic heterocycles. The maximum atomic E-state index is 13.1. The fourth-order valence-corrected chi connectivity index (χ4v) is 3.42. The molecule has 160 valence electrons. The summed E-state index contributed by atoms with van der Waals surface area (Å²) in [5.74, 6) is 0.259. The number of phenolic OH excluding ortho intramolecular Hbond substituents is 1. The molecule has 1 aliphatic heterocycles. The van der Waals surface area contributed by atoms with Crippen molar-refractivity contribution in [2.75, 3.05) is 12.0 Å². The molecule has 3 aromatic carbocycles. The summed E-state index contributed by atoms with van der Waals surface area (Å²) in [7, 11) is 1.43. The summed E-state index contributed by atoms with van der Waals surface area (Å²) in [5, 5.41) is 12.5. The molecule has 0 saturated carbocycles. The summed E-state index contributed by atoms with van der Waals surface area (Å²) in [4.78, 5) is 26.8. The molecule has 1 heterocycles. The second-order valence-electron chi connectivity index (χ2n) is 6.80. The molecule has 1 fully saturated rings. The van der Waals surface area contributed by atoms with E-state index in [1.807, 2.05) is 30.3 Å². The molecule has 3 aromatic rings. The maximum Gasteiger partial charge on any atom is 0.270 e. The van der Waals surface area contributed by atoms with E-state index in [0.717, 1.165) is 0 Å². The molecular weight excluding hydrogens is 428 g/mol. The minimum Gasteiger partial charge on any atom is -0.504 e. The number of methoxy groups -OCH3 is 1. The molecule has 0 spiro atoms. The van der Waals surface area contributed by atoms with Crippen LogP contribution in [-0.2, 0) is 9.59 Å². The Hall–Kier alpha value is -4.17. The summed E-state index contributed by atoms with van der Waals surface area (Å²) < 4.78 is 10.8. The predicted octanol–water partition coefficient (Wildman–Crippen LogP) is 4.02. The van der Waals surface area contributed by atoms with Gasteiger partial charge in [-0.15, -0.1) is 0 Å². The second-order valence-corrected chi connectivity index (χ2v) is 7.18. The van der Waals surface area contributed by atoms with E-state index in [2.05, 4.69) is 5.32 Å². The Kier molecular flexibility index (Phi) is 5.87. The van der Waals surface area contributed by atoms with Crippen LogP contribution in [0.1, 0.15) is 5.56 Å². The monoisotopic (exact) mass is 446 g/mol. The van der Waals surface area contributed by atoms with Gasteiger partial charge in [-0.05, 0) is 72.4 Å². The van der Waals surface area contributed by atoms with E-state index in [1.165, 1.54) is 24.2 Å². The SMILES string of the molecule is COc1ccc(C=C2C(=O)NC(=S)N(c3ccc(Oc4ccccc4)cc3)C2=O)cc1O. The van der Waals surface area contributed by atoms with Gasteiger partial charge >= 0.3 is 0 Å². The number of nitrogens with zero attached hydrogens (tertiary/aromatic N) is 1. The topological polar surface area (TPSA) is 88.1 Å². The van der Waals surface area contributed by atoms with Crippen molar-refractivity contribution < 1.29 is 24.2 Å². The number of nitrogens with one attached hydrogen (secondary N) is 1. The van der Waals surface area contributed by atoms with Gasteiger partial charge in [0.25, 0.3) is 11.8 Å². The Morgan fingerprint density at radius 1 is 0.969 bits per heavy atom. The highest BCUT2D eigenvalue weighted by molar-refractivity contribution is 7.80. The van der Waals surface area contributed by atoms with Crippen molar-refractivity contribution in [2.45, 2.75) is 0 Å². The lowest BCUT2D eigenvalue weighted by atomic mass is 10.1. The zero-order valence-electron chi connectivity index (χ0n) is 16.9. The zero-order chi connectivity index (χ0) is 22.7. The number of hydrogen-bond acceptors (Lipinski definition) is 6. The summed E-state index contributed by atoms with van der Waals surface area (Å²) >= 11 is 5.23. The number of rotatable bonds is 5. The number of carbonyl (C=O) groups is 2.